The summed E-state index contributed by atoms with van der Waals surface area (Å²) in [6.07, 6.45) is 3.68. The summed E-state index contributed by atoms with van der Waals surface area (Å²) in [5.74, 6) is -0.539. The molecule has 0 spiro atoms. The van der Waals surface area contributed by atoms with Crippen LogP contribution in [0.3, 0.4) is 0 Å². The van der Waals surface area contributed by atoms with E-state index >= 15 is 0 Å². The van der Waals surface area contributed by atoms with E-state index in [1.807, 2.05) is 0 Å². The summed E-state index contributed by atoms with van der Waals surface area (Å²) in [5, 5.41) is 2.94. The summed E-state index contributed by atoms with van der Waals surface area (Å²) in [4.78, 5) is 11.9. The molecule has 0 unspecified atom stereocenters. The molecule has 3 nitrogen and oxygen atoms in total. The molecular weight excluding hydrogens is 267 g/mol. The van der Waals surface area contributed by atoms with E-state index in [0.717, 1.165) is 25.7 Å². The Morgan fingerprint density at radius 2 is 1.95 bits per heavy atom. The van der Waals surface area contributed by atoms with Crippen molar-refractivity contribution in [3.8, 4) is 0 Å². The molecule has 0 atom stereocenters. The molecule has 1 aliphatic rings. The number of carbonyl (C=O) groups excluding carboxylic acids is 1. The maximum atomic E-state index is 13.4. The molecule has 1 fully saturated rings. The van der Waals surface area contributed by atoms with Gasteiger partial charge in [-0.1, -0.05) is 6.07 Å². The summed E-state index contributed by atoms with van der Waals surface area (Å²) in [5.41, 5.74) is 6.75. The van der Waals surface area contributed by atoms with E-state index in [-0.39, 0.29) is 36.2 Å². The van der Waals surface area contributed by atoms with Crippen LogP contribution in [0.1, 0.15) is 41.6 Å². The number of nitrogens with two attached hydrogens (primary N) is 1. The first-order valence-corrected chi connectivity index (χ1v) is 6.39. The standard InChI is InChI=1S/C14H19FN2O.ClH/c1-9-2-3-10(8-13(9)15)14(18)17-12-6-4-11(16)5-7-12;/h2-3,8,11-12H,4-7,16H2,1H3,(H,17,18);1H. The van der Waals surface area contributed by atoms with Gasteiger partial charge in [0.1, 0.15) is 5.82 Å². The Morgan fingerprint density at radius 3 is 2.53 bits per heavy atom. The smallest absolute Gasteiger partial charge is 0.251 e. The number of hydrogen-bond donors (Lipinski definition) is 2. The Balaban J connectivity index is 0.00000180. The molecule has 0 bridgehead atoms. The van der Waals surface area contributed by atoms with Crippen LogP contribution in [0.5, 0.6) is 0 Å². The molecule has 1 aromatic rings. The fourth-order valence-electron chi connectivity index (χ4n) is 2.27. The van der Waals surface area contributed by atoms with Crippen LogP contribution in [0.15, 0.2) is 18.2 Å². The average Bonchev–Trinajstić information content (AvgIpc) is 2.35. The largest absolute Gasteiger partial charge is 0.349 e. The minimum absolute atomic E-state index is 0. The first kappa shape index (κ1) is 15.9. The molecule has 1 saturated carbocycles. The molecule has 0 aliphatic heterocycles. The second-order valence-electron chi connectivity index (χ2n) is 5.05. The van der Waals surface area contributed by atoms with E-state index < -0.39 is 0 Å². The quantitative estimate of drug-likeness (QED) is 0.878. The molecule has 0 saturated heterocycles. The first-order chi connectivity index (χ1) is 8.56. The maximum absolute atomic E-state index is 13.4. The monoisotopic (exact) mass is 286 g/mol. The third-order valence-corrected chi connectivity index (χ3v) is 3.54. The summed E-state index contributed by atoms with van der Waals surface area (Å²) in [7, 11) is 0. The Hall–Kier alpha value is -1.13. The molecule has 1 amide bonds. The molecule has 3 N–H and O–H groups in total. The van der Waals surface area contributed by atoms with Crippen LogP contribution in [-0.2, 0) is 0 Å². The van der Waals surface area contributed by atoms with Crippen molar-refractivity contribution in [1.82, 2.24) is 5.32 Å². The zero-order valence-electron chi connectivity index (χ0n) is 11.0. The van der Waals surface area contributed by atoms with Crippen LogP contribution in [0.25, 0.3) is 0 Å². The minimum atomic E-state index is -0.340. The normalized spacial score (nSPS) is 22.5. The van der Waals surface area contributed by atoms with Crippen molar-refractivity contribution in [2.45, 2.75) is 44.7 Å². The van der Waals surface area contributed by atoms with Crippen LogP contribution >= 0.6 is 12.4 Å². The van der Waals surface area contributed by atoms with E-state index in [9.17, 15) is 9.18 Å². The van der Waals surface area contributed by atoms with Gasteiger partial charge >= 0.3 is 0 Å². The summed E-state index contributed by atoms with van der Waals surface area (Å²) >= 11 is 0. The molecule has 0 heterocycles. The summed E-state index contributed by atoms with van der Waals surface area (Å²) in [6, 6.07) is 5.00. The van der Waals surface area contributed by atoms with Crippen molar-refractivity contribution in [2.24, 2.45) is 5.73 Å². The summed E-state index contributed by atoms with van der Waals surface area (Å²) in [6.45, 7) is 1.68. The highest BCUT2D eigenvalue weighted by molar-refractivity contribution is 5.94. The van der Waals surface area contributed by atoms with E-state index in [4.69, 9.17) is 5.73 Å². The van der Waals surface area contributed by atoms with Gasteiger partial charge in [0.15, 0.2) is 0 Å². The number of amides is 1. The molecule has 0 aromatic heterocycles. The van der Waals surface area contributed by atoms with Gasteiger partial charge in [-0.25, -0.2) is 4.39 Å². The highest BCUT2D eigenvalue weighted by Gasteiger charge is 2.20. The third-order valence-electron chi connectivity index (χ3n) is 3.54. The van der Waals surface area contributed by atoms with Crippen molar-refractivity contribution in [1.29, 1.82) is 0 Å². The zero-order valence-corrected chi connectivity index (χ0v) is 11.8. The van der Waals surface area contributed by atoms with Gasteiger partial charge in [-0.3, -0.25) is 4.79 Å². The maximum Gasteiger partial charge on any atom is 0.251 e. The van der Waals surface area contributed by atoms with Crippen molar-refractivity contribution in [3.63, 3.8) is 0 Å². The number of rotatable bonds is 2. The fourth-order valence-corrected chi connectivity index (χ4v) is 2.27. The Morgan fingerprint density at radius 1 is 1.32 bits per heavy atom. The Labute approximate surface area is 119 Å². The fraction of sp³-hybridized carbons (Fsp3) is 0.500. The molecule has 106 valence electrons. The molecule has 1 aliphatic carbocycles. The van der Waals surface area contributed by atoms with E-state index in [1.54, 1.807) is 19.1 Å². The lowest BCUT2D eigenvalue weighted by Crippen LogP contribution is -2.40. The number of hydrogen-bond acceptors (Lipinski definition) is 2. The second-order valence-corrected chi connectivity index (χ2v) is 5.05. The van der Waals surface area contributed by atoms with Crippen LogP contribution in [-0.4, -0.2) is 18.0 Å². The van der Waals surface area contributed by atoms with Crippen LogP contribution in [0, 0.1) is 12.7 Å². The molecular formula is C14H20ClFN2O. The van der Waals surface area contributed by atoms with E-state index in [2.05, 4.69) is 5.32 Å². The van der Waals surface area contributed by atoms with Crippen molar-refractivity contribution in [3.05, 3.63) is 35.1 Å². The Bertz CT molecular complexity index is 445. The minimum Gasteiger partial charge on any atom is -0.349 e. The molecule has 5 heteroatoms. The number of halogens is 2. The van der Waals surface area contributed by atoms with Gasteiger partial charge in [-0.05, 0) is 50.3 Å². The van der Waals surface area contributed by atoms with Crippen LogP contribution in [0.2, 0.25) is 0 Å². The lowest BCUT2D eigenvalue weighted by atomic mass is 9.91. The van der Waals surface area contributed by atoms with Gasteiger partial charge < -0.3 is 11.1 Å². The van der Waals surface area contributed by atoms with E-state index in [0.29, 0.717) is 11.1 Å². The number of aryl methyl sites for hydroxylation is 1. The lowest BCUT2D eigenvalue weighted by molar-refractivity contribution is 0.0925. The SMILES string of the molecule is Cc1ccc(C(=O)NC2CCC(N)CC2)cc1F.Cl. The van der Waals surface area contributed by atoms with Gasteiger partial charge in [0, 0.05) is 17.6 Å². The number of nitrogens with one attached hydrogen (secondary N) is 1. The molecule has 19 heavy (non-hydrogen) atoms. The molecule has 0 radical (unpaired) electrons. The number of benzene rings is 1. The zero-order chi connectivity index (χ0) is 13.1. The van der Waals surface area contributed by atoms with Crippen molar-refractivity contribution < 1.29 is 9.18 Å². The predicted molar refractivity (Wildman–Crippen MR) is 76.1 cm³/mol. The first-order valence-electron chi connectivity index (χ1n) is 6.39. The topological polar surface area (TPSA) is 55.1 Å². The molecule has 2 rings (SSSR count). The van der Waals surface area contributed by atoms with Gasteiger partial charge in [-0.15, -0.1) is 12.4 Å². The van der Waals surface area contributed by atoms with Crippen molar-refractivity contribution in [2.75, 3.05) is 0 Å². The van der Waals surface area contributed by atoms with Crippen LogP contribution in [0.4, 0.5) is 4.39 Å². The second kappa shape index (κ2) is 6.87. The lowest BCUT2D eigenvalue weighted by Gasteiger charge is -2.26. The van der Waals surface area contributed by atoms with Crippen molar-refractivity contribution >= 4 is 18.3 Å². The molecule has 1 aromatic carbocycles. The predicted octanol–water partition coefficient (Wildman–Crippen LogP) is 2.56. The van der Waals surface area contributed by atoms with Gasteiger partial charge in [0.2, 0.25) is 0 Å². The number of carbonyl (C=O) groups is 1. The highest BCUT2D eigenvalue weighted by atomic mass is 35.5. The van der Waals surface area contributed by atoms with E-state index in [1.165, 1.54) is 6.07 Å². The Kier molecular flexibility index (Phi) is 5.76. The van der Waals surface area contributed by atoms with Crippen LogP contribution < -0.4 is 11.1 Å². The highest BCUT2D eigenvalue weighted by Crippen LogP contribution is 2.17. The van der Waals surface area contributed by atoms with Gasteiger partial charge in [-0.2, -0.15) is 0 Å². The summed E-state index contributed by atoms with van der Waals surface area (Å²) < 4.78 is 13.4. The average molecular weight is 287 g/mol. The van der Waals surface area contributed by atoms with Gasteiger partial charge in [0.25, 0.3) is 5.91 Å². The van der Waals surface area contributed by atoms with Gasteiger partial charge in [0.05, 0.1) is 0 Å². The third kappa shape index (κ3) is 4.18.